The van der Waals surface area contributed by atoms with Gasteiger partial charge in [0.25, 0.3) is 0 Å². The Balaban J connectivity index is 1.25. The third-order valence-electron chi connectivity index (χ3n) is 8.97. The number of ketones is 1. The van der Waals surface area contributed by atoms with E-state index in [1.807, 2.05) is 4.90 Å². The van der Waals surface area contributed by atoms with Crippen LogP contribution in [-0.2, 0) is 23.8 Å². The number of amides is 3. The van der Waals surface area contributed by atoms with E-state index in [0.717, 1.165) is 50.0 Å². The molecule has 1 aliphatic carbocycles. The van der Waals surface area contributed by atoms with E-state index < -0.39 is 23.8 Å². The van der Waals surface area contributed by atoms with Gasteiger partial charge in [-0.1, -0.05) is 31.4 Å². The van der Waals surface area contributed by atoms with E-state index in [1.54, 1.807) is 64.4 Å². The summed E-state index contributed by atoms with van der Waals surface area (Å²) >= 11 is 1.39. The van der Waals surface area contributed by atoms with Crippen molar-refractivity contribution in [3.05, 3.63) is 45.9 Å². The van der Waals surface area contributed by atoms with Crippen LogP contribution in [0.15, 0.2) is 29.6 Å². The summed E-state index contributed by atoms with van der Waals surface area (Å²) in [7, 11) is 1.73. The molecule has 1 saturated carbocycles. The number of carbonyl (C=O) groups is 4. The van der Waals surface area contributed by atoms with Gasteiger partial charge in [-0.25, -0.2) is 9.78 Å². The second-order valence-corrected chi connectivity index (χ2v) is 14.9. The lowest BCUT2D eigenvalue weighted by Crippen LogP contribution is -2.55. The van der Waals surface area contributed by atoms with Crippen molar-refractivity contribution in [2.75, 3.05) is 53.2 Å². The molecule has 3 atom stereocenters. The summed E-state index contributed by atoms with van der Waals surface area (Å²) in [5.41, 5.74) is 0.241. The highest BCUT2D eigenvalue weighted by molar-refractivity contribution is 7.10. The van der Waals surface area contributed by atoms with Gasteiger partial charge < -0.3 is 39.8 Å². The number of likely N-dealkylation sites (tertiary alicyclic amines) is 1. The zero-order valence-corrected chi connectivity index (χ0v) is 31.5. The summed E-state index contributed by atoms with van der Waals surface area (Å²) in [6, 6.07) is 5.76. The average molecular weight is 730 g/mol. The minimum atomic E-state index is -0.573. The van der Waals surface area contributed by atoms with Gasteiger partial charge in [-0.2, -0.15) is 0 Å². The van der Waals surface area contributed by atoms with Crippen molar-refractivity contribution < 1.29 is 38.1 Å². The number of hydrogen-bond donors (Lipinski definition) is 3. The van der Waals surface area contributed by atoms with Gasteiger partial charge in [0.2, 0.25) is 17.6 Å². The van der Waals surface area contributed by atoms with E-state index in [-0.39, 0.29) is 29.6 Å². The van der Waals surface area contributed by atoms with Crippen LogP contribution in [0.3, 0.4) is 0 Å². The quantitative estimate of drug-likeness (QED) is 0.146. The van der Waals surface area contributed by atoms with Gasteiger partial charge in [0.05, 0.1) is 38.5 Å². The molecule has 2 fully saturated rings. The maximum Gasteiger partial charge on any atom is 0.407 e. The normalized spacial score (nSPS) is 17.8. The van der Waals surface area contributed by atoms with E-state index in [9.17, 15) is 19.2 Å². The molecule has 4 rings (SSSR count). The van der Waals surface area contributed by atoms with Crippen molar-refractivity contribution in [3.63, 3.8) is 0 Å². The van der Waals surface area contributed by atoms with Gasteiger partial charge in [-0.15, -0.1) is 11.3 Å². The molecule has 2 aromatic rings. The number of benzene rings is 1. The molecular weight excluding hydrogens is 675 g/mol. The van der Waals surface area contributed by atoms with E-state index in [0.29, 0.717) is 63.1 Å². The summed E-state index contributed by atoms with van der Waals surface area (Å²) < 4.78 is 22.0. The molecule has 2 aliphatic rings. The number of alkyl carbamates (subject to hydrolysis) is 1. The Kier molecular flexibility index (Phi) is 15.7. The fraction of sp³-hybridized carbons (Fsp3) is 0.649. The van der Waals surface area contributed by atoms with Crippen molar-refractivity contribution in [3.8, 4) is 5.75 Å². The average Bonchev–Trinajstić information content (AvgIpc) is 3.81. The molecule has 2 heterocycles. The molecule has 1 aliphatic heterocycles. The highest BCUT2D eigenvalue weighted by Gasteiger charge is 2.40. The highest BCUT2D eigenvalue weighted by Crippen LogP contribution is 2.36. The number of hydrogen-bond acceptors (Lipinski definition) is 11. The molecule has 3 N–H and O–H groups in total. The second kappa shape index (κ2) is 19.9. The second-order valence-electron chi connectivity index (χ2n) is 14.0. The van der Waals surface area contributed by atoms with E-state index in [2.05, 4.69) is 16.0 Å². The number of thiazole rings is 1. The molecule has 3 amide bonds. The first kappa shape index (κ1) is 40.2. The Morgan fingerprint density at radius 3 is 2.43 bits per heavy atom. The molecule has 1 saturated heterocycles. The van der Waals surface area contributed by atoms with Gasteiger partial charge in [-0.3, -0.25) is 14.4 Å². The minimum Gasteiger partial charge on any atom is -0.491 e. The van der Waals surface area contributed by atoms with E-state index in [4.69, 9.17) is 23.9 Å². The third-order valence-corrected chi connectivity index (χ3v) is 9.91. The monoisotopic (exact) mass is 729 g/mol. The van der Waals surface area contributed by atoms with E-state index in [1.165, 1.54) is 11.3 Å². The molecule has 1 aromatic carbocycles. The maximum atomic E-state index is 14.1. The Morgan fingerprint density at radius 1 is 0.980 bits per heavy atom. The molecule has 0 radical (unpaired) electrons. The van der Waals surface area contributed by atoms with Gasteiger partial charge in [0.1, 0.15) is 34.7 Å². The predicted molar refractivity (Wildman–Crippen MR) is 194 cm³/mol. The number of ether oxygens (including phenoxy) is 4. The summed E-state index contributed by atoms with van der Waals surface area (Å²) in [6.07, 6.45) is 6.22. The van der Waals surface area contributed by atoms with Crippen molar-refractivity contribution in [1.29, 1.82) is 0 Å². The molecule has 0 unspecified atom stereocenters. The maximum absolute atomic E-state index is 14.1. The number of rotatable bonds is 18. The summed E-state index contributed by atoms with van der Waals surface area (Å²) in [5.74, 6) is 0.196. The first-order chi connectivity index (χ1) is 24.5. The van der Waals surface area contributed by atoms with Crippen molar-refractivity contribution in [1.82, 2.24) is 25.8 Å². The summed E-state index contributed by atoms with van der Waals surface area (Å²) in [5, 5.41) is 11.2. The van der Waals surface area contributed by atoms with Crippen LogP contribution in [0.1, 0.15) is 99.7 Å². The topological polar surface area (TPSA) is 157 Å². The van der Waals surface area contributed by atoms with Crippen LogP contribution in [-0.4, -0.2) is 104 Å². The smallest absolute Gasteiger partial charge is 0.407 e. The molecule has 13 nitrogen and oxygen atoms in total. The molecule has 0 bridgehead atoms. The van der Waals surface area contributed by atoms with Crippen molar-refractivity contribution >= 4 is 35.0 Å². The summed E-state index contributed by atoms with van der Waals surface area (Å²) in [4.78, 5) is 58.7. The third kappa shape index (κ3) is 12.5. The molecular formula is C37H55N5O8S. The van der Waals surface area contributed by atoms with Crippen LogP contribution >= 0.6 is 11.3 Å². The Morgan fingerprint density at radius 2 is 1.71 bits per heavy atom. The van der Waals surface area contributed by atoms with Crippen LogP contribution in [0.4, 0.5) is 4.79 Å². The number of nitrogens with one attached hydrogen (secondary N) is 3. The summed E-state index contributed by atoms with van der Waals surface area (Å²) in [6.45, 7) is 9.85. The number of carbonyl (C=O) groups excluding carboxylic acids is 4. The lowest BCUT2D eigenvalue weighted by molar-refractivity contribution is -0.139. The Labute approximate surface area is 305 Å². The predicted octanol–water partition coefficient (Wildman–Crippen LogP) is 4.65. The van der Waals surface area contributed by atoms with E-state index >= 15 is 0 Å². The zero-order chi connectivity index (χ0) is 36.8. The molecule has 14 heteroatoms. The van der Waals surface area contributed by atoms with Gasteiger partial charge >= 0.3 is 6.09 Å². The zero-order valence-electron chi connectivity index (χ0n) is 30.7. The molecule has 51 heavy (non-hydrogen) atoms. The minimum absolute atomic E-state index is 0.0573. The number of likely N-dealkylation sites (N-methyl/N-ethyl adjacent to an activating group) is 1. The van der Waals surface area contributed by atoms with Gasteiger partial charge in [0.15, 0.2) is 0 Å². The number of aromatic nitrogens is 1. The standard InChI is InChI=1S/C37H55N5O8S/c1-25(38-5)33(44)41-31(26-11-7-6-8-12-26)35(45)42-17-10-15-30(42)34-40-29(24-51-34)32(43)27-13-9-14-28(23-27)49-22-21-48-20-19-47-18-16-39-36(46)50-37(2,3)4/h9,13-14,23-26,30-31,38H,6-8,10-12,15-22H2,1-5H3,(H,39,46)(H,41,44)/t25-,30-,31-/m0/s1. The molecule has 282 valence electrons. The van der Waals surface area contributed by atoms with Crippen LogP contribution < -0.4 is 20.7 Å². The fourth-order valence-electron chi connectivity index (χ4n) is 6.22. The largest absolute Gasteiger partial charge is 0.491 e. The highest BCUT2D eigenvalue weighted by atomic mass is 32.1. The van der Waals surface area contributed by atoms with Gasteiger partial charge in [-0.05, 0) is 78.5 Å². The lowest BCUT2D eigenvalue weighted by atomic mass is 9.83. The SMILES string of the molecule is CN[C@@H](C)C(=O)N[C@H](C(=O)N1CCC[C@H]1c1nc(C(=O)c2cccc(OCCOCCOCCNC(=O)OC(C)(C)C)c2)cs1)C1CCCCC1. The Bertz CT molecular complexity index is 1440. The first-order valence-corrected chi connectivity index (χ1v) is 19.0. The van der Waals surface area contributed by atoms with Crippen molar-refractivity contribution in [2.45, 2.75) is 96.4 Å². The first-order valence-electron chi connectivity index (χ1n) is 18.1. The van der Waals surface area contributed by atoms with Gasteiger partial charge in [0, 0.05) is 24.0 Å². The van der Waals surface area contributed by atoms with Crippen LogP contribution in [0.5, 0.6) is 5.75 Å². The number of nitrogens with zero attached hydrogens (tertiary/aromatic N) is 2. The van der Waals surface area contributed by atoms with Crippen LogP contribution in [0.25, 0.3) is 0 Å². The van der Waals surface area contributed by atoms with Crippen LogP contribution in [0, 0.1) is 5.92 Å². The fourth-order valence-corrected chi connectivity index (χ4v) is 7.17. The van der Waals surface area contributed by atoms with Crippen LogP contribution in [0.2, 0.25) is 0 Å². The Hall–Kier alpha value is -3.59. The molecule has 1 aromatic heterocycles. The van der Waals surface area contributed by atoms with Crippen molar-refractivity contribution in [2.24, 2.45) is 5.92 Å². The molecule has 0 spiro atoms. The lowest BCUT2D eigenvalue weighted by Gasteiger charge is -2.35.